The van der Waals surface area contributed by atoms with Crippen LogP contribution in [0.1, 0.15) is 19.8 Å². The van der Waals surface area contributed by atoms with Crippen molar-refractivity contribution in [3.63, 3.8) is 0 Å². The summed E-state index contributed by atoms with van der Waals surface area (Å²) in [5.74, 6) is 1.29. The molecule has 0 spiro atoms. The van der Waals surface area contributed by atoms with Gasteiger partial charge in [-0.3, -0.25) is 9.79 Å². The third-order valence-electron chi connectivity index (χ3n) is 2.78. The van der Waals surface area contributed by atoms with Crippen molar-refractivity contribution in [1.82, 2.24) is 0 Å². The number of benzene rings is 1. The molecule has 0 heterocycles. The van der Waals surface area contributed by atoms with Crippen LogP contribution in [0.3, 0.4) is 0 Å². The third-order valence-corrected chi connectivity index (χ3v) is 2.78. The number of guanidine groups is 1. The van der Waals surface area contributed by atoms with E-state index in [1.807, 2.05) is 6.07 Å². The minimum absolute atomic E-state index is 0. The molecular formula is C15H24IN3O4. The molecule has 0 bridgehead atoms. The van der Waals surface area contributed by atoms with Crippen molar-refractivity contribution in [3.05, 3.63) is 18.2 Å². The van der Waals surface area contributed by atoms with Crippen molar-refractivity contribution in [3.8, 4) is 11.5 Å². The summed E-state index contributed by atoms with van der Waals surface area (Å²) < 4.78 is 15.2. The Bertz CT molecular complexity index is 523. The van der Waals surface area contributed by atoms with Gasteiger partial charge in [-0.2, -0.15) is 0 Å². The van der Waals surface area contributed by atoms with Crippen LogP contribution < -0.4 is 20.5 Å². The Morgan fingerprint density at radius 3 is 2.57 bits per heavy atom. The van der Waals surface area contributed by atoms with Crippen LogP contribution >= 0.6 is 24.0 Å². The molecule has 0 fully saturated rings. The van der Waals surface area contributed by atoms with Gasteiger partial charge in [0.05, 0.1) is 20.8 Å². The number of nitrogens with two attached hydrogens (primary N) is 1. The first-order valence-corrected chi connectivity index (χ1v) is 7.05. The molecular weight excluding hydrogens is 413 g/mol. The summed E-state index contributed by atoms with van der Waals surface area (Å²) in [6, 6.07) is 5.34. The third kappa shape index (κ3) is 7.91. The maximum Gasteiger partial charge on any atom is 0.305 e. The van der Waals surface area contributed by atoms with Gasteiger partial charge in [-0.1, -0.05) is 0 Å². The molecule has 0 aliphatic heterocycles. The van der Waals surface area contributed by atoms with Crippen molar-refractivity contribution in [1.29, 1.82) is 0 Å². The largest absolute Gasteiger partial charge is 0.493 e. The molecule has 1 aromatic rings. The molecule has 3 N–H and O–H groups in total. The first kappa shape index (κ1) is 21.3. The van der Waals surface area contributed by atoms with Crippen LogP contribution in [0, 0.1) is 0 Å². The van der Waals surface area contributed by atoms with Crippen LogP contribution in [0.5, 0.6) is 11.5 Å². The predicted octanol–water partition coefficient (Wildman–Crippen LogP) is 2.39. The molecule has 0 atom stereocenters. The monoisotopic (exact) mass is 437 g/mol. The smallest absolute Gasteiger partial charge is 0.305 e. The summed E-state index contributed by atoms with van der Waals surface area (Å²) in [4.78, 5) is 15.3. The second-order valence-electron chi connectivity index (χ2n) is 4.37. The van der Waals surface area contributed by atoms with E-state index in [1.165, 1.54) is 0 Å². The summed E-state index contributed by atoms with van der Waals surface area (Å²) in [6.45, 7) is 2.62. The van der Waals surface area contributed by atoms with Crippen LogP contribution in [0.2, 0.25) is 0 Å². The van der Waals surface area contributed by atoms with Gasteiger partial charge in [-0.05, 0) is 25.5 Å². The molecule has 0 aromatic heterocycles. The molecule has 1 rings (SSSR count). The quantitative estimate of drug-likeness (QED) is 0.213. The van der Waals surface area contributed by atoms with Crippen molar-refractivity contribution in [2.24, 2.45) is 10.7 Å². The summed E-state index contributed by atoms with van der Waals surface area (Å²) in [5, 5.41) is 2.96. The summed E-state index contributed by atoms with van der Waals surface area (Å²) in [6.07, 6.45) is 0.925. The Labute approximate surface area is 153 Å². The maximum absolute atomic E-state index is 11.2. The van der Waals surface area contributed by atoms with Gasteiger partial charge in [0.15, 0.2) is 17.5 Å². The normalized spacial score (nSPS) is 10.5. The summed E-state index contributed by atoms with van der Waals surface area (Å²) in [5.41, 5.74) is 6.53. The number of hydrogen-bond acceptors (Lipinski definition) is 5. The topological polar surface area (TPSA) is 95.2 Å². The fourth-order valence-electron chi connectivity index (χ4n) is 1.76. The van der Waals surface area contributed by atoms with E-state index in [0.717, 1.165) is 5.69 Å². The number of halogens is 1. The van der Waals surface area contributed by atoms with Gasteiger partial charge in [0.25, 0.3) is 0 Å². The minimum Gasteiger partial charge on any atom is -0.493 e. The van der Waals surface area contributed by atoms with Crippen molar-refractivity contribution >= 4 is 41.6 Å². The molecule has 8 heteroatoms. The van der Waals surface area contributed by atoms with E-state index in [4.69, 9.17) is 19.9 Å². The van der Waals surface area contributed by atoms with Crippen LogP contribution in [-0.4, -0.2) is 39.3 Å². The van der Waals surface area contributed by atoms with Gasteiger partial charge < -0.3 is 25.3 Å². The van der Waals surface area contributed by atoms with Gasteiger partial charge in [0.2, 0.25) is 0 Å². The minimum atomic E-state index is -0.218. The Morgan fingerprint density at radius 2 is 1.96 bits per heavy atom. The molecule has 1 aromatic carbocycles. The Kier molecular flexibility index (Phi) is 10.9. The second kappa shape index (κ2) is 11.8. The molecule has 130 valence electrons. The lowest BCUT2D eigenvalue weighted by molar-refractivity contribution is -0.143. The van der Waals surface area contributed by atoms with Gasteiger partial charge >= 0.3 is 5.97 Å². The number of aliphatic imine (C=N–C) groups is 1. The zero-order valence-corrected chi connectivity index (χ0v) is 16.0. The average Bonchev–Trinajstić information content (AvgIpc) is 2.51. The Balaban J connectivity index is 0.00000484. The number of hydrogen-bond donors (Lipinski definition) is 2. The number of methoxy groups -OCH3 is 2. The molecule has 0 saturated heterocycles. The van der Waals surface area contributed by atoms with Crippen molar-refractivity contribution in [2.45, 2.75) is 19.8 Å². The van der Waals surface area contributed by atoms with Gasteiger partial charge in [0.1, 0.15) is 0 Å². The number of rotatable bonds is 8. The predicted molar refractivity (Wildman–Crippen MR) is 101 cm³/mol. The maximum atomic E-state index is 11.2. The molecule has 0 amide bonds. The zero-order valence-electron chi connectivity index (χ0n) is 13.6. The highest BCUT2D eigenvalue weighted by atomic mass is 127. The number of esters is 1. The molecule has 0 radical (unpaired) electrons. The number of carbonyl (C=O) groups excluding carboxylic acids is 1. The fraction of sp³-hybridized carbons (Fsp3) is 0.467. The lowest BCUT2D eigenvalue weighted by atomic mass is 10.3. The van der Waals surface area contributed by atoms with E-state index in [2.05, 4.69) is 10.3 Å². The number of nitrogens with one attached hydrogen (secondary N) is 1. The zero-order chi connectivity index (χ0) is 16.4. The van der Waals surface area contributed by atoms with Crippen molar-refractivity contribution in [2.75, 3.05) is 32.7 Å². The second-order valence-corrected chi connectivity index (χ2v) is 4.37. The average molecular weight is 437 g/mol. The van der Waals surface area contributed by atoms with E-state index in [1.54, 1.807) is 33.3 Å². The summed E-state index contributed by atoms with van der Waals surface area (Å²) in [7, 11) is 3.14. The summed E-state index contributed by atoms with van der Waals surface area (Å²) >= 11 is 0. The Hall–Kier alpha value is -1.71. The van der Waals surface area contributed by atoms with Crippen molar-refractivity contribution < 1.29 is 19.0 Å². The molecule has 23 heavy (non-hydrogen) atoms. The lowest BCUT2D eigenvalue weighted by Crippen LogP contribution is -2.23. The number of carbonyl (C=O) groups is 1. The molecule has 0 aliphatic rings. The highest BCUT2D eigenvalue weighted by Gasteiger charge is 2.05. The van der Waals surface area contributed by atoms with Crippen LogP contribution in [0.4, 0.5) is 5.69 Å². The highest BCUT2D eigenvalue weighted by molar-refractivity contribution is 14.0. The van der Waals surface area contributed by atoms with Gasteiger partial charge in [0, 0.05) is 24.7 Å². The highest BCUT2D eigenvalue weighted by Crippen LogP contribution is 2.29. The molecule has 0 aliphatic carbocycles. The SMILES string of the molecule is CCOC(=O)CCCN=C(N)Nc1ccc(OC)c(OC)c1.I. The standard InChI is InChI=1S/C15H23N3O4.HI/c1-4-22-14(19)6-5-9-17-15(16)18-11-7-8-12(20-2)13(10-11)21-3;/h7-8,10H,4-6,9H2,1-3H3,(H3,16,17,18);1H. The Morgan fingerprint density at radius 1 is 1.26 bits per heavy atom. The van der Waals surface area contributed by atoms with E-state index >= 15 is 0 Å². The first-order valence-electron chi connectivity index (χ1n) is 7.05. The van der Waals surface area contributed by atoms with Gasteiger partial charge in [-0.15, -0.1) is 24.0 Å². The fourth-order valence-corrected chi connectivity index (χ4v) is 1.76. The van der Waals surface area contributed by atoms with Gasteiger partial charge in [-0.25, -0.2) is 0 Å². The number of nitrogens with zero attached hydrogens (tertiary/aromatic N) is 1. The van der Waals surface area contributed by atoms with E-state index in [9.17, 15) is 4.79 Å². The molecule has 7 nitrogen and oxygen atoms in total. The van der Waals surface area contributed by atoms with E-state index < -0.39 is 0 Å². The van der Waals surface area contributed by atoms with E-state index in [-0.39, 0.29) is 35.9 Å². The lowest BCUT2D eigenvalue weighted by Gasteiger charge is -2.10. The number of anilines is 1. The first-order chi connectivity index (χ1) is 10.6. The molecule has 0 saturated carbocycles. The van der Waals surface area contributed by atoms with Crippen LogP contribution in [0.25, 0.3) is 0 Å². The van der Waals surface area contributed by atoms with Crippen LogP contribution in [0.15, 0.2) is 23.2 Å². The van der Waals surface area contributed by atoms with E-state index in [0.29, 0.717) is 37.5 Å². The molecule has 0 unspecified atom stereocenters. The van der Waals surface area contributed by atoms with Crippen LogP contribution in [-0.2, 0) is 9.53 Å². The number of ether oxygens (including phenoxy) is 3.